The van der Waals surface area contributed by atoms with Crippen LogP contribution in [-0.4, -0.2) is 43.7 Å². The zero-order valence-electron chi connectivity index (χ0n) is 14.2. The number of H-pyrrole nitrogens is 1. The van der Waals surface area contributed by atoms with E-state index in [9.17, 15) is 14.7 Å². The van der Waals surface area contributed by atoms with Crippen LogP contribution in [0.25, 0.3) is 10.9 Å². The lowest BCUT2D eigenvalue weighted by atomic mass is 10.1. The van der Waals surface area contributed by atoms with Gasteiger partial charge in [-0.25, -0.2) is 0 Å². The minimum atomic E-state index is -1.26. The topological polar surface area (TPSA) is 81.9 Å². The number of piperazine rings is 1. The predicted octanol–water partition coefficient (Wildman–Crippen LogP) is -2.50. The molecule has 1 aliphatic rings. The van der Waals surface area contributed by atoms with Gasteiger partial charge in [-0.2, -0.15) is 0 Å². The number of quaternary nitrogens is 2. The molecule has 24 heavy (non-hydrogen) atoms. The third-order valence-corrected chi connectivity index (χ3v) is 5.14. The van der Waals surface area contributed by atoms with Gasteiger partial charge in [0.2, 0.25) is 0 Å². The highest BCUT2D eigenvalue weighted by molar-refractivity contribution is 5.92. The molecule has 6 heteroatoms. The fourth-order valence-corrected chi connectivity index (χ4v) is 3.53. The average molecular weight is 330 g/mol. The van der Waals surface area contributed by atoms with Gasteiger partial charge in [-0.1, -0.05) is 6.07 Å². The van der Waals surface area contributed by atoms with Gasteiger partial charge < -0.3 is 24.7 Å². The van der Waals surface area contributed by atoms with Gasteiger partial charge in [0.25, 0.3) is 0 Å². The Morgan fingerprint density at radius 3 is 2.50 bits per heavy atom. The standard InChI is InChI=1S/C18H23N3O3/c1-3-20-6-8-21(9-7-20)11-15-12(2)19-16-5-4-13(18(23)24)10-14(16)17(15)22/h4-5,10H,3,6-9,11H2,1-2H3,(H,19,22)(H,23,24)/p+1. The quantitative estimate of drug-likeness (QED) is 0.580. The number of carboxylic acid groups (broad SMARTS) is 1. The molecule has 1 aromatic heterocycles. The summed E-state index contributed by atoms with van der Waals surface area (Å²) in [6.07, 6.45) is 0. The monoisotopic (exact) mass is 330 g/mol. The van der Waals surface area contributed by atoms with Gasteiger partial charge in [0.05, 0.1) is 18.1 Å². The second-order valence-corrected chi connectivity index (χ2v) is 6.64. The van der Waals surface area contributed by atoms with Crippen molar-refractivity contribution in [2.75, 3.05) is 32.7 Å². The second kappa shape index (κ2) is 6.75. The summed E-state index contributed by atoms with van der Waals surface area (Å²) >= 11 is 0. The zero-order chi connectivity index (χ0) is 17.3. The van der Waals surface area contributed by atoms with Crippen molar-refractivity contribution in [3.63, 3.8) is 0 Å². The molecule has 1 fully saturated rings. The molecule has 3 N–H and O–H groups in total. The van der Waals surface area contributed by atoms with E-state index in [0.717, 1.165) is 44.0 Å². The molecule has 3 rings (SSSR count). The Bertz CT molecular complexity index is 820. The lowest BCUT2D eigenvalue weighted by Gasteiger charge is -2.29. The van der Waals surface area contributed by atoms with E-state index in [1.54, 1.807) is 11.0 Å². The normalized spacial score (nSPS) is 21.1. The number of carboxylic acids is 1. The first-order valence-corrected chi connectivity index (χ1v) is 8.53. The molecule has 1 aromatic carbocycles. The van der Waals surface area contributed by atoms with E-state index in [2.05, 4.69) is 11.9 Å². The summed E-state index contributed by atoms with van der Waals surface area (Å²) in [5.41, 5.74) is 2.26. The summed E-state index contributed by atoms with van der Waals surface area (Å²) < 4.78 is 0. The van der Waals surface area contributed by atoms with Crippen LogP contribution in [0.5, 0.6) is 0 Å². The molecule has 6 nitrogen and oxygen atoms in total. The van der Waals surface area contributed by atoms with E-state index in [-0.39, 0.29) is 11.0 Å². The van der Waals surface area contributed by atoms with Crippen molar-refractivity contribution in [2.45, 2.75) is 20.4 Å². The van der Waals surface area contributed by atoms with Crippen molar-refractivity contribution in [2.24, 2.45) is 0 Å². The minimum absolute atomic E-state index is 0.0373. The molecule has 0 unspecified atom stereocenters. The number of aromatic nitrogens is 1. The second-order valence-electron chi connectivity index (χ2n) is 6.64. The van der Waals surface area contributed by atoms with E-state index >= 15 is 0 Å². The van der Waals surface area contributed by atoms with Crippen molar-refractivity contribution >= 4 is 16.9 Å². The van der Waals surface area contributed by atoms with Gasteiger partial charge in [-0.05, 0) is 31.5 Å². The molecule has 2 heterocycles. The Morgan fingerprint density at radius 2 is 1.88 bits per heavy atom. The fourth-order valence-electron chi connectivity index (χ4n) is 3.53. The van der Waals surface area contributed by atoms with Gasteiger partial charge in [-0.15, -0.1) is 0 Å². The molecular weight excluding hydrogens is 306 g/mol. The van der Waals surface area contributed by atoms with E-state index in [4.69, 9.17) is 0 Å². The van der Waals surface area contributed by atoms with Crippen LogP contribution in [0.15, 0.2) is 23.0 Å². The number of likely N-dealkylation sites (N-methyl/N-ethyl adjacent to an activating group) is 1. The van der Waals surface area contributed by atoms with Gasteiger partial charge in [0, 0.05) is 16.6 Å². The van der Waals surface area contributed by atoms with Gasteiger partial charge in [-0.3, -0.25) is 4.79 Å². The predicted molar refractivity (Wildman–Crippen MR) is 89.3 cm³/mol. The zero-order valence-corrected chi connectivity index (χ0v) is 14.2. The SMILES string of the molecule is CC[NH+]1CC[NH+](Cc2c(C)[nH]c3ccc(C(=O)[O-])cc3c2=O)CC1. The van der Waals surface area contributed by atoms with E-state index in [0.29, 0.717) is 17.4 Å². The van der Waals surface area contributed by atoms with Gasteiger partial charge in [0.15, 0.2) is 5.43 Å². The number of pyridine rings is 1. The Morgan fingerprint density at radius 1 is 1.21 bits per heavy atom. The van der Waals surface area contributed by atoms with Crippen LogP contribution in [0.2, 0.25) is 0 Å². The molecule has 2 aromatic rings. The molecule has 0 aliphatic carbocycles. The van der Waals surface area contributed by atoms with E-state index < -0.39 is 5.97 Å². The smallest absolute Gasteiger partial charge is 0.198 e. The Hall–Kier alpha value is -2.18. The number of carbonyl (C=O) groups is 1. The maximum atomic E-state index is 12.9. The van der Waals surface area contributed by atoms with Crippen LogP contribution in [0.4, 0.5) is 0 Å². The summed E-state index contributed by atoms with van der Waals surface area (Å²) in [7, 11) is 0. The molecule has 1 saturated heterocycles. The first kappa shape index (κ1) is 16.7. The molecular formula is C18H24N3O3+. The Labute approximate surface area is 140 Å². The van der Waals surface area contributed by atoms with Crippen LogP contribution in [0.1, 0.15) is 28.5 Å². The number of aromatic amines is 1. The maximum Gasteiger partial charge on any atom is 0.198 e. The Balaban J connectivity index is 1.93. The average Bonchev–Trinajstić information content (AvgIpc) is 2.58. The van der Waals surface area contributed by atoms with Crippen molar-refractivity contribution in [1.29, 1.82) is 0 Å². The lowest BCUT2D eigenvalue weighted by molar-refractivity contribution is -1.02. The van der Waals surface area contributed by atoms with Crippen LogP contribution in [-0.2, 0) is 6.54 Å². The molecule has 1 aliphatic heterocycles. The van der Waals surface area contributed by atoms with Crippen LogP contribution >= 0.6 is 0 Å². The molecule has 0 amide bonds. The van der Waals surface area contributed by atoms with E-state index in [1.165, 1.54) is 17.0 Å². The number of rotatable bonds is 4. The molecule has 0 atom stereocenters. The largest absolute Gasteiger partial charge is 0.545 e. The number of hydrogen-bond donors (Lipinski definition) is 3. The summed E-state index contributed by atoms with van der Waals surface area (Å²) in [6.45, 7) is 10.3. The maximum absolute atomic E-state index is 12.9. The first-order valence-electron chi connectivity index (χ1n) is 8.53. The molecule has 128 valence electrons. The highest BCUT2D eigenvalue weighted by Gasteiger charge is 2.23. The molecule has 0 radical (unpaired) electrons. The summed E-state index contributed by atoms with van der Waals surface area (Å²) in [5, 5.41) is 11.5. The fraction of sp³-hybridized carbons (Fsp3) is 0.444. The van der Waals surface area contributed by atoms with Crippen molar-refractivity contribution in [3.05, 3.63) is 45.2 Å². The van der Waals surface area contributed by atoms with E-state index in [1.807, 2.05) is 6.92 Å². The summed E-state index contributed by atoms with van der Waals surface area (Å²) in [6, 6.07) is 4.51. The summed E-state index contributed by atoms with van der Waals surface area (Å²) in [5.74, 6) is -1.26. The molecule has 0 spiro atoms. The van der Waals surface area contributed by atoms with Gasteiger partial charge in [0.1, 0.15) is 32.7 Å². The number of benzene rings is 1. The van der Waals surface area contributed by atoms with Crippen molar-refractivity contribution < 1.29 is 19.7 Å². The number of aryl methyl sites for hydroxylation is 1. The Kier molecular flexibility index (Phi) is 4.69. The number of aromatic carboxylic acids is 1. The number of carbonyl (C=O) groups excluding carboxylic acids is 1. The highest BCUT2D eigenvalue weighted by atomic mass is 16.4. The van der Waals surface area contributed by atoms with Crippen LogP contribution in [0.3, 0.4) is 0 Å². The van der Waals surface area contributed by atoms with Crippen LogP contribution < -0.4 is 20.3 Å². The van der Waals surface area contributed by atoms with Crippen molar-refractivity contribution in [1.82, 2.24) is 4.98 Å². The van der Waals surface area contributed by atoms with Crippen LogP contribution in [0, 0.1) is 6.92 Å². The third kappa shape index (κ3) is 3.20. The molecule has 0 bridgehead atoms. The third-order valence-electron chi connectivity index (χ3n) is 5.14. The number of fused-ring (bicyclic) bond motifs is 1. The van der Waals surface area contributed by atoms with Crippen molar-refractivity contribution in [3.8, 4) is 0 Å². The number of nitrogens with one attached hydrogen (secondary N) is 3. The van der Waals surface area contributed by atoms with Gasteiger partial charge >= 0.3 is 0 Å². The molecule has 0 saturated carbocycles. The minimum Gasteiger partial charge on any atom is -0.545 e. The first-order chi connectivity index (χ1) is 11.5. The number of hydrogen-bond acceptors (Lipinski definition) is 3. The highest BCUT2D eigenvalue weighted by Crippen LogP contribution is 2.13. The summed E-state index contributed by atoms with van der Waals surface area (Å²) in [4.78, 5) is 30.2. The lowest BCUT2D eigenvalue weighted by Crippen LogP contribution is -3.27.